The summed E-state index contributed by atoms with van der Waals surface area (Å²) in [5.74, 6) is -0.160. The van der Waals surface area contributed by atoms with Crippen LogP contribution in [0.1, 0.15) is 24.5 Å². The number of benzene rings is 1. The van der Waals surface area contributed by atoms with Gasteiger partial charge >= 0.3 is 5.97 Å². The van der Waals surface area contributed by atoms with Crippen molar-refractivity contribution >= 4 is 16.8 Å². The van der Waals surface area contributed by atoms with Crippen molar-refractivity contribution in [2.45, 2.75) is 31.3 Å². The molecule has 100 valence electrons. The summed E-state index contributed by atoms with van der Waals surface area (Å²) in [4.78, 5) is 11.0. The Kier molecular flexibility index (Phi) is 5.34. The largest absolute Gasteiger partial charge is 0.496 e. The first-order chi connectivity index (χ1) is 8.49. The lowest BCUT2D eigenvalue weighted by atomic mass is 10.1. The average molecular weight is 270 g/mol. The summed E-state index contributed by atoms with van der Waals surface area (Å²) < 4.78 is 17.2. The average Bonchev–Trinajstić information content (AvgIpc) is 2.29. The highest BCUT2D eigenvalue weighted by atomic mass is 32.2. The third-order valence-corrected chi connectivity index (χ3v) is 4.46. The molecule has 0 aliphatic carbocycles. The van der Waals surface area contributed by atoms with E-state index in [2.05, 4.69) is 0 Å². The Balaban J connectivity index is 2.93. The summed E-state index contributed by atoms with van der Waals surface area (Å²) in [6.45, 7) is 3.66. The van der Waals surface area contributed by atoms with E-state index in [1.807, 2.05) is 25.1 Å². The summed E-state index contributed by atoms with van der Waals surface area (Å²) in [6, 6.07) is 5.59. The summed E-state index contributed by atoms with van der Waals surface area (Å²) in [7, 11) is 0.109. The van der Waals surface area contributed by atoms with Crippen LogP contribution in [0.4, 0.5) is 0 Å². The molecule has 0 amide bonds. The molecular weight excluding hydrogens is 252 g/mol. The molecule has 0 aliphatic heterocycles. The van der Waals surface area contributed by atoms with E-state index in [1.165, 1.54) is 0 Å². The van der Waals surface area contributed by atoms with E-state index in [4.69, 9.17) is 9.84 Å². The van der Waals surface area contributed by atoms with Gasteiger partial charge in [-0.15, -0.1) is 0 Å². The van der Waals surface area contributed by atoms with E-state index in [0.29, 0.717) is 12.2 Å². The van der Waals surface area contributed by atoms with Crippen LogP contribution in [0.2, 0.25) is 0 Å². The molecule has 1 N–H and O–H groups in total. The highest BCUT2D eigenvalue weighted by molar-refractivity contribution is 7.85. The molecule has 1 aromatic carbocycles. The van der Waals surface area contributed by atoms with Gasteiger partial charge < -0.3 is 9.84 Å². The van der Waals surface area contributed by atoms with Gasteiger partial charge in [-0.2, -0.15) is 0 Å². The number of ether oxygens (including phenoxy) is 1. The van der Waals surface area contributed by atoms with Crippen molar-refractivity contribution in [1.82, 2.24) is 0 Å². The SMILES string of the molecule is CCC(C(=O)O)S(=O)Cc1cc(C)ccc1OC. The lowest BCUT2D eigenvalue weighted by molar-refractivity contribution is -0.136. The van der Waals surface area contributed by atoms with Crippen LogP contribution in [-0.2, 0) is 21.3 Å². The van der Waals surface area contributed by atoms with Gasteiger partial charge in [0.25, 0.3) is 0 Å². The summed E-state index contributed by atoms with van der Waals surface area (Å²) in [6.07, 6.45) is 0.357. The molecule has 0 heterocycles. The minimum atomic E-state index is -1.44. The van der Waals surface area contributed by atoms with E-state index in [9.17, 15) is 9.00 Å². The quantitative estimate of drug-likeness (QED) is 0.860. The molecule has 0 saturated carbocycles. The van der Waals surface area contributed by atoms with Crippen molar-refractivity contribution in [3.63, 3.8) is 0 Å². The van der Waals surface area contributed by atoms with E-state index >= 15 is 0 Å². The van der Waals surface area contributed by atoms with Crippen LogP contribution in [0.3, 0.4) is 0 Å². The predicted octanol–water partition coefficient (Wildman–Crippen LogP) is 2.12. The van der Waals surface area contributed by atoms with E-state index < -0.39 is 22.0 Å². The highest BCUT2D eigenvalue weighted by Gasteiger charge is 2.23. The molecule has 0 bridgehead atoms. The van der Waals surface area contributed by atoms with Crippen LogP contribution in [0.25, 0.3) is 0 Å². The zero-order valence-corrected chi connectivity index (χ0v) is 11.6. The van der Waals surface area contributed by atoms with Gasteiger partial charge in [0.2, 0.25) is 0 Å². The van der Waals surface area contributed by atoms with Crippen molar-refractivity contribution < 1.29 is 18.8 Å². The Morgan fingerprint density at radius 1 is 1.50 bits per heavy atom. The van der Waals surface area contributed by atoms with E-state index in [-0.39, 0.29) is 5.75 Å². The minimum Gasteiger partial charge on any atom is -0.496 e. The fourth-order valence-electron chi connectivity index (χ4n) is 1.75. The first-order valence-corrected chi connectivity index (χ1v) is 7.11. The molecule has 2 unspecified atom stereocenters. The molecule has 0 aromatic heterocycles. The summed E-state index contributed by atoms with van der Waals surface area (Å²) in [5.41, 5.74) is 1.82. The molecule has 0 radical (unpaired) electrons. The molecule has 1 rings (SSSR count). The number of carbonyl (C=O) groups is 1. The fraction of sp³-hybridized carbons (Fsp3) is 0.462. The van der Waals surface area contributed by atoms with Gasteiger partial charge in [-0.05, 0) is 19.4 Å². The second-order valence-electron chi connectivity index (χ2n) is 4.08. The van der Waals surface area contributed by atoms with Crippen molar-refractivity contribution in [1.29, 1.82) is 0 Å². The van der Waals surface area contributed by atoms with Gasteiger partial charge in [-0.25, -0.2) is 0 Å². The smallest absolute Gasteiger partial charge is 0.319 e. The number of aryl methyl sites for hydroxylation is 1. The molecule has 0 spiro atoms. The van der Waals surface area contributed by atoms with Crippen LogP contribution in [0.5, 0.6) is 5.75 Å². The maximum atomic E-state index is 12.0. The lowest BCUT2D eigenvalue weighted by Crippen LogP contribution is -2.25. The molecule has 0 fully saturated rings. The van der Waals surface area contributed by atoms with Crippen molar-refractivity contribution in [3.8, 4) is 5.75 Å². The van der Waals surface area contributed by atoms with Crippen LogP contribution >= 0.6 is 0 Å². The fourth-order valence-corrected chi connectivity index (χ4v) is 3.08. The summed E-state index contributed by atoms with van der Waals surface area (Å²) in [5, 5.41) is 8.15. The Hall–Kier alpha value is -1.36. The molecular formula is C13H18O4S. The molecule has 2 atom stereocenters. The molecule has 5 heteroatoms. The number of carboxylic acid groups (broad SMARTS) is 1. The Bertz CT molecular complexity index is 456. The second-order valence-corrected chi connectivity index (χ2v) is 5.69. The molecule has 0 aliphatic rings. The van der Waals surface area contributed by atoms with Crippen molar-refractivity contribution in [2.24, 2.45) is 0 Å². The van der Waals surface area contributed by atoms with Gasteiger partial charge in [0.05, 0.1) is 12.9 Å². The standard InChI is InChI=1S/C13H18O4S/c1-4-12(13(14)15)18(16)8-10-7-9(2)5-6-11(10)17-3/h5-7,12H,4,8H2,1-3H3,(H,14,15). The Morgan fingerprint density at radius 2 is 2.17 bits per heavy atom. The second kappa shape index (κ2) is 6.54. The minimum absolute atomic E-state index is 0.204. The first kappa shape index (κ1) is 14.7. The Labute approximate surface area is 109 Å². The van der Waals surface area contributed by atoms with Crippen molar-refractivity contribution in [3.05, 3.63) is 29.3 Å². The number of methoxy groups -OCH3 is 1. The highest BCUT2D eigenvalue weighted by Crippen LogP contribution is 2.22. The van der Waals surface area contributed by atoms with Crippen molar-refractivity contribution in [2.75, 3.05) is 7.11 Å². The van der Waals surface area contributed by atoms with Crippen LogP contribution in [-0.4, -0.2) is 27.6 Å². The van der Waals surface area contributed by atoms with Crippen LogP contribution in [0.15, 0.2) is 18.2 Å². The maximum Gasteiger partial charge on any atom is 0.319 e. The predicted molar refractivity (Wildman–Crippen MR) is 71.3 cm³/mol. The third kappa shape index (κ3) is 3.57. The number of aliphatic carboxylic acids is 1. The zero-order chi connectivity index (χ0) is 13.7. The summed E-state index contributed by atoms with van der Waals surface area (Å²) >= 11 is 0. The van der Waals surface area contributed by atoms with Crippen LogP contribution in [0, 0.1) is 6.92 Å². The molecule has 4 nitrogen and oxygen atoms in total. The monoisotopic (exact) mass is 270 g/mol. The normalized spacial score (nSPS) is 13.9. The molecule has 18 heavy (non-hydrogen) atoms. The lowest BCUT2D eigenvalue weighted by Gasteiger charge is -2.12. The topological polar surface area (TPSA) is 63.6 Å². The van der Waals surface area contributed by atoms with Gasteiger partial charge in [-0.3, -0.25) is 9.00 Å². The van der Waals surface area contributed by atoms with E-state index in [1.54, 1.807) is 14.0 Å². The van der Waals surface area contributed by atoms with Crippen LogP contribution < -0.4 is 4.74 Å². The molecule has 1 aromatic rings. The van der Waals surface area contributed by atoms with Gasteiger partial charge in [0.1, 0.15) is 11.0 Å². The molecule has 0 saturated heterocycles. The van der Waals surface area contributed by atoms with Gasteiger partial charge in [0.15, 0.2) is 0 Å². The number of hydrogen-bond donors (Lipinski definition) is 1. The zero-order valence-electron chi connectivity index (χ0n) is 10.8. The number of rotatable bonds is 6. The number of carboxylic acids is 1. The van der Waals surface area contributed by atoms with Gasteiger partial charge in [-0.1, -0.05) is 24.6 Å². The third-order valence-electron chi connectivity index (χ3n) is 2.70. The first-order valence-electron chi connectivity index (χ1n) is 5.73. The van der Waals surface area contributed by atoms with E-state index in [0.717, 1.165) is 11.1 Å². The van der Waals surface area contributed by atoms with Gasteiger partial charge in [0, 0.05) is 16.4 Å². The Morgan fingerprint density at radius 3 is 2.67 bits per heavy atom. The number of hydrogen-bond acceptors (Lipinski definition) is 3. The maximum absolute atomic E-state index is 12.0.